The highest BCUT2D eigenvalue weighted by molar-refractivity contribution is 6.12. The number of hydrogen-bond acceptors (Lipinski definition) is 1. The minimum Gasteiger partial charge on any atom is -0.309 e. The summed E-state index contributed by atoms with van der Waals surface area (Å²) in [5.74, 6) is 0. The highest BCUT2D eigenvalue weighted by Crippen LogP contribution is 2.45. The Morgan fingerprint density at radius 2 is 1.04 bits per heavy atom. The van der Waals surface area contributed by atoms with Gasteiger partial charge in [-0.05, 0) is 110 Å². The molecule has 0 aliphatic heterocycles. The zero-order valence-corrected chi connectivity index (χ0v) is 29.3. The minimum atomic E-state index is -4.56. The van der Waals surface area contributed by atoms with E-state index in [4.69, 9.17) is 0 Å². The van der Waals surface area contributed by atoms with Gasteiger partial charge in [-0.15, -0.1) is 0 Å². The van der Waals surface area contributed by atoms with E-state index < -0.39 is 11.7 Å². The number of nitrogens with zero attached hydrogens (tertiary/aromatic N) is 3. The molecule has 0 bridgehead atoms. The van der Waals surface area contributed by atoms with Crippen LogP contribution in [0.25, 0.3) is 77.2 Å². The van der Waals surface area contributed by atoms with Crippen molar-refractivity contribution < 1.29 is 13.2 Å². The van der Waals surface area contributed by atoms with Gasteiger partial charge in [0.15, 0.2) is 0 Å². The van der Waals surface area contributed by atoms with Crippen molar-refractivity contribution in [1.82, 2.24) is 9.13 Å². The Balaban J connectivity index is 1.45. The number of aromatic nitrogens is 2. The summed E-state index contributed by atoms with van der Waals surface area (Å²) in [5, 5.41) is 14.6. The van der Waals surface area contributed by atoms with E-state index in [0.29, 0.717) is 22.3 Å². The molecular weight excluding hydrogens is 664 g/mol. The third kappa shape index (κ3) is 5.11. The zero-order valence-electron chi connectivity index (χ0n) is 29.3. The van der Waals surface area contributed by atoms with Crippen LogP contribution in [0.5, 0.6) is 0 Å². The number of rotatable bonds is 4. The standard InChI is InChI=1S/C47H32F3N3/c1-28-15-19-42-35(23-28)33-10-4-6-13-40(33)52(42)44-21-17-31(27-51)25-37(44)38-26-32(46-30(3)9-8-12-39(46)47(48,49)50)18-22-45(38)53-41-14-7-5-11-34(41)36-24-29(2)16-20-43(36)53/h4-26H,1-3H3. The molecule has 0 aliphatic rings. The summed E-state index contributed by atoms with van der Waals surface area (Å²) >= 11 is 0. The molecule has 0 saturated carbocycles. The van der Waals surface area contributed by atoms with E-state index in [1.807, 2.05) is 54.6 Å². The molecule has 6 heteroatoms. The van der Waals surface area contributed by atoms with E-state index >= 15 is 0 Å². The Morgan fingerprint density at radius 3 is 1.60 bits per heavy atom. The van der Waals surface area contributed by atoms with Crippen molar-refractivity contribution in [2.45, 2.75) is 26.9 Å². The molecule has 9 rings (SSSR count). The van der Waals surface area contributed by atoms with Crippen molar-refractivity contribution in [2.24, 2.45) is 0 Å². The third-order valence-corrected chi connectivity index (χ3v) is 10.4. The Morgan fingerprint density at radius 1 is 0.509 bits per heavy atom. The minimum absolute atomic E-state index is 0.135. The van der Waals surface area contributed by atoms with Gasteiger partial charge in [0.25, 0.3) is 0 Å². The fourth-order valence-electron chi connectivity index (χ4n) is 8.10. The van der Waals surface area contributed by atoms with Crippen LogP contribution in [0.15, 0.2) is 140 Å². The van der Waals surface area contributed by atoms with Crippen LogP contribution in [0.2, 0.25) is 0 Å². The second-order valence-electron chi connectivity index (χ2n) is 13.8. The van der Waals surface area contributed by atoms with Crippen molar-refractivity contribution >= 4 is 43.6 Å². The number of halogens is 3. The van der Waals surface area contributed by atoms with Crippen LogP contribution < -0.4 is 0 Å². The average Bonchev–Trinajstić information content (AvgIpc) is 3.66. The predicted molar refractivity (Wildman–Crippen MR) is 210 cm³/mol. The summed E-state index contributed by atoms with van der Waals surface area (Å²) in [6, 6.07) is 47.1. The van der Waals surface area contributed by atoms with Crippen LogP contribution >= 0.6 is 0 Å². The molecule has 0 atom stereocenters. The molecule has 0 unspecified atom stereocenters. The van der Waals surface area contributed by atoms with E-state index in [1.54, 1.807) is 19.1 Å². The lowest BCUT2D eigenvalue weighted by atomic mass is 9.90. The van der Waals surface area contributed by atoms with Crippen molar-refractivity contribution in [3.8, 4) is 39.7 Å². The Labute approximate surface area is 304 Å². The summed E-state index contributed by atoms with van der Waals surface area (Å²) in [4.78, 5) is 0. The summed E-state index contributed by atoms with van der Waals surface area (Å²) in [6.45, 7) is 5.86. The summed E-state index contributed by atoms with van der Waals surface area (Å²) < 4.78 is 48.4. The Hall–Kier alpha value is -6.58. The Kier molecular flexibility index (Phi) is 7.32. The summed E-state index contributed by atoms with van der Waals surface area (Å²) in [5.41, 5.74) is 10.1. The molecule has 0 spiro atoms. The lowest BCUT2D eigenvalue weighted by Gasteiger charge is -2.21. The number of alkyl halides is 3. The molecule has 2 aromatic heterocycles. The van der Waals surface area contributed by atoms with E-state index in [-0.39, 0.29) is 5.56 Å². The quantitative estimate of drug-likeness (QED) is 0.180. The van der Waals surface area contributed by atoms with Gasteiger partial charge in [0, 0.05) is 32.7 Å². The molecule has 0 aliphatic carbocycles. The van der Waals surface area contributed by atoms with Gasteiger partial charge in [-0.25, -0.2) is 0 Å². The number of para-hydroxylation sites is 2. The largest absolute Gasteiger partial charge is 0.417 e. The van der Waals surface area contributed by atoms with Crippen LogP contribution in [0.3, 0.4) is 0 Å². The van der Waals surface area contributed by atoms with E-state index in [0.717, 1.165) is 77.7 Å². The molecule has 0 N–H and O–H groups in total. The van der Waals surface area contributed by atoms with Gasteiger partial charge in [-0.2, -0.15) is 18.4 Å². The van der Waals surface area contributed by atoms with Crippen LogP contribution in [-0.4, -0.2) is 9.13 Å². The highest BCUT2D eigenvalue weighted by Gasteiger charge is 2.34. The fraction of sp³-hybridized carbons (Fsp3) is 0.0851. The van der Waals surface area contributed by atoms with Crippen molar-refractivity contribution in [2.75, 3.05) is 0 Å². The molecule has 2 heterocycles. The topological polar surface area (TPSA) is 33.6 Å². The van der Waals surface area contributed by atoms with Gasteiger partial charge in [0.05, 0.1) is 50.6 Å². The average molecular weight is 696 g/mol. The van der Waals surface area contributed by atoms with E-state index in [9.17, 15) is 18.4 Å². The normalized spacial score (nSPS) is 11.9. The molecule has 53 heavy (non-hydrogen) atoms. The number of aryl methyl sites for hydroxylation is 3. The van der Waals surface area contributed by atoms with Gasteiger partial charge in [0.2, 0.25) is 0 Å². The first-order chi connectivity index (χ1) is 25.6. The number of hydrogen-bond donors (Lipinski definition) is 0. The Bertz CT molecular complexity index is 2990. The molecule has 9 aromatic rings. The maximum Gasteiger partial charge on any atom is 0.417 e. The number of nitriles is 1. The molecule has 256 valence electrons. The molecule has 3 nitrogen and oxygen atoms in total. The van der Waals surface area contributed by atoms with Gasteiger partial charge < -0.3 is 9.13 Å². The molecular formula is C47H32F3N3. The first-order valence-corrected chi connectivity index (χ1v) is 17.5. The van der Waals surface area contributed by atoms with Crippen molar-refractivity contribution in [3.05, 3.63) is 167 Å². The van der Waals surface area contributed by atoms with E-state index in [1.165, 1.54) is 6.07 Å². The highest BCUT2D eigenvalue weighted by atomic mass is 19.4. The fourth-order valence-corrected chi connectivity index (χ4v) is 8.10. The van der Waals surface area contributed by atoms with Gasteiger partial charge in [-0.1, -0.05) is 77.9 Å². The molecule has 7 aromatic carbocycles. The maximum atomic E-state index is 14.7. The van der Waals surface area contributed by atoms with Crippen LogP contribution in [-0.2, 0) is 6.18 Å². The summed E-state index contributed by atoms with van der Waals surface area (Å²) in [6.07, 6.45) is -4.56. The van der Waals surface area contributed by atoms with Gasteiger partial charge in [-0.3, -0.25) is 0 Å². The van der Waals surface area contributed by atoms with Gasteiger partial charge in [0.1, 0.15) is 0 Å². The lowest BCUT2D eigenvalue weighted by molar-refractivity contribution is -0.137. The van der Waals surface area contributed by atoms with Crippen LogP contribution in [0, 0.1) is 32.1 Å². The SMILES string of the molecule is Cc1ccc2c(c1)c1ccccc1n2-c1ccc(C#N)cc1-c1cc(-c2c(C)cccc2C(F)(F)F)ccc1-n1c2ccccc2c2cc(C)ccc21. The first kappa shape index (κ1) is 32.3. The smallest absolute Gasteiger partial charge is 0.309 e. The summed E-state index contributed by atoms with van der Waals surface area (Å²) in [7, 11) is 0. The third-order valence-electron chi connectivity index (χ3n) is 10.4. The van der Waals surface area contributed by atoms with Gasteiger partial charge >= 0.3 is 6.18 Å². The molecule has 0 radical (unpaired) electrons. The molecule has 0 saturated heterocycles. The van der Waals surface area contributed by atoms with Crippen LogP contribution in [0.1, 0.15) is 27.8 Å². The lowest BCUT2D eigenvalue weighted by Crippen LogP contribution is -2.08. The zero-order chi connectivity index (χ0) is 36.6. The molecule has 0 amide bonds. The van der Waals surface area contributed by atoms with Crippen LogP contribution in [0.4, 0.5) is 13.2 Å². The second kappa shape index (κ2) is 12.0. The first-order valence-electron chi connectivity index (χ1n) is 17.5. The van der Waals surface area contributed by atoms with Crippen molar-refractivity contribution in [1.29, 1.82) is 5.26 Å². The molecule has 0 fully saturated rings. The monoisotopic (exact) mass is 695 g/mol. The predicted octanol–water partition coefficient (Wildman–Crippen LogP) is 13.0. The maximum absolute atomic E-state index is 14.7. The van der Waals surface area contributed by atoms with E-state index in [2.05, 4.69) is 89.7 Å². The number of fused-ring (bicyclic) bond motifs is 6. The van der Waals surface area contributed by atoms with Crippen molar-refractivity contribution in [3.63, 3.8) is 0 Å². The second-order valence-corrected chi connectivity index (χ2v) is 13.8. The number of benzene rings is 7.